The van der Waals surface area contributed by atoms with Crippen LogP contribution in [0.3, 0.4) is 0 Å². The summed E-state index contributed by atoms with van der Waals surface area (Å²) >= 11 is 12.4. The Balaban J connectivity index is 1.38. The monoisotopic (exact) mass is 502 g/mol. The summed E-state index contributed by atoms with van der Waals surface area (Å²) in [5.41, 5.74) is 3.07. The lowest BCUT2D eigenvalue weighted by atomic mass is 9.80. The number of aryl methyl sites for hydroxylation is 2. The first kappa shape index (κ1) is 24.2. The third-order valence-electron chi connectivity index (χ3n) is 6.35. The number of amides is 3. The minimum Gasteiger partial charge on any atom is -0.452 e. The minimum absolute atomic E-state index is 0.196. The highest BCUT2D eigenvalue weighted by atomic mass is 35.5. The molecule has 9 heteroatoms. The first-order chi connectivity index (χ1) is 16.2. The Morgan fingerprint density at radius 2 is 1.47 bits per heavy atom. The molecule has 1 heterocycles. The Kier molecular flexibility index (Phi) is 6.96. The molecule has 0 bridgehead atoms. The van der Waals surface area contributed by atoms with Gasteiger partial charge in [0, 0.05) is 5.69 Å². The Morgan fingerprint density at radius 3 is 2.00 bits per heavy atom. The summed E-state index contributed by atoms with van der Waals surface area (Å²) in [4.78, 5) is 51.5. The molecule has 1 saturated heterocycles. The zero-order chi connectivity index (χ0) is 24.6. The van der Waals surface area contributed by atoms with Crippen molar-refractivity contribution in [1.82, 2.24) is 0 Å². The third-order valence-corrected chi connectivity index (χ3v) is 7.45. The van der Waals surface area contributed by atoms with Gasteiger partial charge in [-0.2, -0.15) is 0 Å². The van der Waals surface area contributed by atoms with E-state index in [0.29, 0.717) is 24.2 Å². The minimum atomic E-state index is -0.689. The van der Waals surface area contributed by atoms with Gasteiger partial charge < -0.3 is 10.1 Å². The van der Waals surface area contributed by atoms with Crippen LogP contribution in [0.1, 0.15) is 34.3 Å². The number of hydrogen-bond acceptors (Lipinski definition) is 5. The summed E-state index contributed by atoms with van der Waals surface area (Å²) < 4.78 is 5.12. The highest BCUT2D eigenvalue weighted by Gasteiger charge is 2.52. The molecule has 34 heavy (non-hydrogen) atoms. The van der Waals surface area contributed by atoms with Gasteiger partial charge in [0.25, 0.3) is 5.91 Å². The number of nitrogens with one attached hydrogen (secondary N) is 1. The lowest BCUT2D eigenvalue weighted by Crippen LogP contribution is -2.34. The van der Waals surface area contributed by atoms with E-state index in [1.807, 2.05) is 32.0 Å². The van der Waals surface area contributed by atoms with E-state index < -0.39 is 30.3 Å². The van der Waals surface area contributed by atoms with E-state index in [4.69, 9.17) is 27.9 Å². The predicted octanol–water partition coefficient (Wildman–Crippen LogP) is 4.21. The number of halogens is 2. The second-order valence-electron chi connectivity index (χ2n) is 8.67. The number of carbonyl (C=O) groups is 4. The highest BCUT2D eigenvalue weighted by molar-refractivity contribution is 6.31. The number of para-hydroxylation sites is 1. The normalized spacial score (nSPS) is 24.1. The zero-order valence-electron chi connectivity index (χ0n) is 18.7. The van der Waals surface area contributed by atoms with Crippen molar-refractivity contribution < 1.29 is 23.9 Å². The number of hydrogen-bond donors (Lipinski definition) is 1. The molecule has 4 rings (SSSR count). The van der Waals surface area contributed by atoms with Crippen LogP contribution in [0.4, 0.5) is 11.4 Å². The van der Waals surface area contributed by atoms with Crippen LogP contribution < -0.4 is 10.2 Å². The summed E-state index contributed by atoms with van der Waals surface area (Å²) in [6.45, 7) is 3.31. The van der Waals surface area contributed by atoms with Crippen LogP contribution in [0.5, 0.6) is 0 Å². The molecule has 2 aliphatic rings. The van der Waals surface area contributed by atoms with Gasteiger partial charge in [0.05, 0.1) is 33.8 Å². The van der Waals surface area contributed by atoms with Crippen LogP contribution in [0.15, 0.2) is 42.5 Å². The fourth-order valence-corrected chi connectivity index (χ4v) is 5.09. The van der Waals surface area contributed by atoms with E-state index in [1.54, 1.807) is 0 Å². The first-order valence-corrected chi connectivity index (χ1v) is 11.8. The molecule has 2 aromatic carbocycles. The van der Waals surface area contributed by atoms with Crippen LogP contribution in [-0.2, 0) is 19.1 Å². The smallest absolute Gasteiger partial charge is 0.338 e. The number of rotatable bonds is 5. The Labute approximate surface area is 207 Å². The van der Waals surface area contributed by atoms with E-state index in [0.717, 1.165) is 16.0 Å². The SMILES string of the molecule is Cc1cccc(C)c1NC(=O)COC(=O)c1ccc(N2C(=O)[C@H]3C[C@H](Cl)[C@@H](Cl)C[C@H]3C2=O)cc1. The van der Waals surface area contributed by atoms with Crippen LogP contribution >= 0.6 is 23.2 Å². The number of anilines is 2. The van der Waals surface area contributed by atoms with Gasteiger partial charge in [-0.3, -0.25) is 19.3 Å². The van der Waals surface area contributed by atoms with E-state index in [2.05, 4.69) is 5.32 Å². The van der Waals surface area contributed by atoms with Crippen LogP contribution in [0.25, 0.3) is 0 Å². The number of ether oxygens (including phenoxy) is 1. The highest BCUT2D eigenvalue weighted by Crippen LogP contribution is 2.43. The number of fused-ring (bicyclic) bond motifs is 1. The number of esters is 1. The van der Waals surface area contributed by atoms with Gasteiger partial charge >= 0.3 is 5.97 Å². The largest absolute Gasteiger partial charge is 0.452 e. The maximum absolute atomic E-state index is 12.9. The van der Waals surface area contributed by atoms with Crippen molar-refractivity contribution in [2.24, 2.45) is 11.8 Å². The Hall–Kier alpha value is -2.90. The molecule has 2 aromatic rings. The molecular formula is C25H24Cl2N2O5. The molecule has 0 spiro atoms. The second-order valence-corrected chi connectivity index (χ2v) is 9.79. The summed E-state index contributed by atoms with van der Waals surface area (Å²) in [5.74, 6) is -2.71. The number of carbonyl (C=O) groups excluding carboxylic acids is 4. The van der Waals surface area contributed by atoms with Crippen molar-refractivity contribution in [1.29, 1.82) is 0 Å². The molecule has 3 amide bonds. The standard InChI is InChI=1S/C25H24Cl2N2O5/c1-13-4-3-5-14(2)22(13)28-21(30)12-34-25(33)15-6-8-16(9-7-15)29-23(31)17-10-19(26)20(27)11-18(17)24(29)32/h3-9,17-20H,10-12H2,1-2H3,(H,28,30)/t17-,18+,19-,20-/m0/s1. The van der Waals surface area contributed by atoms with E-state index in [1.165, 1.54) is 24.3 Å². The summed E-state index contributed by atoms with van der Waals surface area (Å²) in [7, 11) is 0. The number of benzene rings is 2. The van der Waals surface area contributed by atoms with E-state index in [-0.39, 0.29) is 28.1 Å². The number of alkyl halides is 2. The van der Waals surface area contributed by atoms with Gasteiger partial charge in [0.15, 0.2) is 6.61 Å². The van der Waals surface area contributed by atoms with Crippen molar-refractivity contribution >= 4 is 58.3 Å². The Morgan fingerprint density at radius 1 is 0.941 bits per heavy atom. The van der Waals surface area contributed by atoms with E-state index in [9.17, 15) is 19.2 Å². The Bertz CT molecular complexity index is 1100. The number of imide groups is 1. The van der Waals surface area contributed by atoms with Crippen molar-refractivity contribution in [3.8, 4) is 0 Å². The first-order valence-electron chi connectivity index (χ1n) is 11.0. The lowest BCUT2D eigenvalue weighted by molar-refractivity contribution is -0.122. The fourth-order valence-electron chi connectivity index (χ4n) is 4.50. The summed E-state index contributed by atoms with van der Waals surface area (Å²) in [6.07, 6.45) is 0.714. The van der Waals surface area contributed by atoms with Crippen molar-refractivity contribution in [2.45, 2.75) is 37.4 Å². The molecule has 7 nitrogen and oxygen atoms in total. The third kappa shape index (κ3) is 4.68. The van der Waals surface area contributed by atoms with Gasteiger partial charge in [0.2, 0.25) is 11.8 Å². The molecule has 1 saturated carbocycles. The quantitative estimate of drug-likeness (QED) is 0.375. The van der Waals surface area contributed by atoms with Crippen LogP contribution in [-0.4, -0.2) is 41.1 Å². The molecule has 4 atom stereocenters. The average molecular weight is 503 g/mol. The lowest BCUT2D eigenvalue weighted by Gasteiger charge is -2.28. The average Bonchev–Trinajstić information content (AvgIpc) is 3.04. The fraction of sp³-hybridized carbons (Fsp3) is 0.360. The van der Waals surface area contributed by atoms with Crippen molar-refractivity contribution in [2.75, 3.05) is 16.8 Å². The predicted molar refractivity (Wildman–Crippen MR) is 129 cm³/mol. The summed E-state index contributed by atoms with van der Waals surface area (Å²) in [5, 5.41) is 2.04. The molecule has 2 fully saturated rings. The van der Waals surface area contributed by atoms with Gasteiger partial charge in [-0.15, -0.1) is 23.2 Å². The van der Waals surface area contributed by atoms with Crippen LogP contribution in [0, 0.1) is 25.7 Å². The van der Waals surface area contributed by atoms with Crippen LogP contribution in [0.2, 0.25) is 0 Å². The molecule has 0 aromatic heterocycles. The molecule has 1 aliphatic heterocycles. The van der Waals surface area contributed by atoms with Gasteiger partial charge in [-0.05, 0) is 62.1 Å². The second kappa shape index (κ2) is 9.76. The van der Waals surface area contributed by atoms with Gasteiger partial charge in [-0.1, -0.05) is 18.2 Å². The molecule has 1 N–H and O–H groups in total. The van der Waals surface area contributed by atoms with Gasteiger partial charge in [0.1, 0.15) is 0 Å². The van der Waals surface area contributed by atoms with Crippen molar-refractivity contribution in [3.05, 3.63) is 59.2 Å². The molecule has 178 valence electrons. The number of nitrogens with zero attached hydrogens (tertiary/aromatic N) is 1. The van der Waals surface area contributed by atoms with Crippen molar-refractivity contribution in [3.63, 3.8) is 0 Å². The molecule has 0 unspecified atom stereocenters. The molecule has 0 radical (unpaired) electrons. The zero-order valence-corrected chi connectivity index (χ0v) is 20.2. The molecule has 1 aliphatic carbocycles. The summed E-state index contributed by atoms with van der Waals surface area (Å²) in [6, 6.07) is 11.6. The van der Waals surface area contributed by atoms with Gasteiger partial charge in [-0.25, -0.2) is 4.79 Å². The van der Waals surface area contributed by atoms with E-state index >= 15 is 0 Å². The maximum Gasteiger partial charge on any atom is 0.338 e. The molecular weight excluding hydrogens is 479 g/mol. The maximum atomic E-state index is 12.9. The topological polar surface area (TPSA) is 92.8 Å².